The van der Waals surface area contributed by atoms with Gasteiger partial charge >= 0.3 is 0 Å². The zero-order chi connectivity index (χ0) is 23.3. The first-order valence-electron chi connectivity index (χ1n) is 10.5. The summed E-state index contributed by atoms with van der Waals surface area (Å²) in [6.45, 7) is 6.22. The number of benzene rings is 2. The molecule has 32 heavy (non-hydrogen) atoms. The Kier molecular flexibility index (Phi) is 8.27. The minimum Gasteiger partial charge on any atom is -0.492 e. The minimum absolute atomic E-state index is 0.0337. The van der Waals surface area contributed by atoms with E-state index in [2.05, 4.69) is 4.90 Å². The Labute approximate surface area is 199 Å². The molecule has 1 amide bonds. The lowest BCUT2D eigenvalue weighted by atomic mass is 10.2. The van der Waals surface area contributed by atoms with Gasteiger partial charge in [-0.15, -0.1) is 0 Å². The molecule has 1 aliphatic rings. The maximum Gasteiger partial charge on any atom is 0.243 e. The van der Waals surface area contributed by atoms with E-state index >= 15 is 0 Å². The van der Waals surface area contributed by atoms with Crippen LogP contribution in [0.1, 0.15) is 13.8 Å². The van der Waals surface area contributed by atoms with Gasteiger partial charge in [-0.1, -0.05) is 36.2 Å². The quantitative estimate of drug-likeness (QED) is 0.552. The van der Waals surface area contributed by atoms with Crippen molar-refractivity contribution in [2.45, 2.75) is 18.7 Å². The number of hydrogen-bond donors (Lipinski definition) is 0. The Balaban J connectivity index is 1.65. The van der Waals surface area contributed by atoms with Crippen LogP contribution in [0, 0.1) is 0 Å². The van der Waals surface area contributed by atoms with Crippen LogP contribution in [-0.2, 0) is 14.8 Å². The van der Waals surface area contributed by atoms with Gasteiger partial charge in [-0.25, -0.2) is 8.42 Å². The van der Waals surface area contributed by atoms with Gasteiger partial charge in [0.1, 0.15) is 5.75 Å². The molecule has 0 radical (unpaired) electrons. The van der Waals surface area contributed by atoms with Gasteiger partial charge in [-0.2, -0.15) is 4.31 Å². The van der Waals surface area contributed by atoms with E-state index in [9.17, 15) is 13.2 Å². The summed E-state index contributed by atoms with van der Waals surface area (Å²) in [4.78, 5) is 16.8. The summed E-state index contributed by atoms with van der Waals surface area (Å²) in [5.41, 5.74) is 1.01. The lowest BCUT2D eigenvalue weighted by molar-refractivity contribution is -0.131. The fraction of sp³-hybridized carbons (Fsp3) is 0.409. The Morgan fingerprint density at radius 2 is 1.78 bits per heavy atom. The number of hydrogen-bond acceptors (Lipinski definition) is 5. The number of halogens is 2. The standard InChI is InChI=1S/C22H27Cl2N3O4S/c1-3-27(32(29,30)19-8-9-21(31-4-2)20(24)15-19)16-22(28)26-12-10-25(11-13-26)18-7-5-6-17(23)14-18/h5-9,14-15H,3-4,10-13,16H2,1-2H3. The summed E-state index contributed by atoms with van der Waals surface area (Å²) in [6, 6.07) is 11.9. The second-order valence-corrected chi connectivity index (χ2v) is 10.1. The zero-order valence-corrected chi connectivity index (χ0v) is 20.5. The third-order valence-corrected chi connectivity index (χ3v) is 7.76. The van der Waals surface area contributed by atoms with E-state index in [4.69, 9.17) is 27.9 Å². The molecule has 0 aromatic heterocycles. The van der Waals surface area contributed by atoms with Crippen molar-refractivity contribution in [1.29, 1.82) is 0 Å². The lowest BCUT2D eigenvalue weighted by Crippen LogP contribution is -2.51. The highest BCUT2D eigenvalue weighted by molar-refractivity contribution is 7.89. The molecule has 0 aliphatic carbocycles. The average molecular weight is 500 g/mol. The number of carbonyl (C=O) groups is 1. The first-order valence-corrected chi connectivity index (χ1v) is 12.7. The van der Waals surface area contributed by atoms with Crippen LogP contribution in [0.5, 0.6) is 5.75 Å². The normalized spacial score (nSPS) is 14.7. The molecule has 0 spiro atoms. The van der Waals surface area contributed by atoms with Crippen LogP contribution >= 0.6 is 23.2 Å². The van der Waals surface area contributed by atoms with Gasteiger partial charge in [0.25, 0.3) is 0 Å². The average Bonchev–Trinajstić information content (AvgIpc) is 2.78. The molecule has 0 saturated carbocycles. The maximum absolute atomic E-state index is 13.1. The van der Waals surface area contributed by atoms with E-state index < -0.39 is 10.0 Å². The molecule has 1 fully saturated rings. The van der Waals surface area contributed by atoms with Crippen molar-refractivity contribution in [3.63, 3.8) is 0 Å². The summed E-state index contributed by atoms with van der Waals surface area (Å²) in [6.07, 6.45) is 0. The van der Waals surface area contributed by atoms with Gasteiger partial charge in [-0.05, 0) is 43.3 Å². The highest BCUT2D eigenvalue weighted by atomic mass is 35.5. The van der Waals surface area contributed by atoms with Crippen molar-refractivity contribution in [2.24, 2.45) is 0 Å². The third kappa shape index (κ3) is 5.67. The second kappa shape index (κ2) is 10.7. The van der Waals surface area contributed by atoms with Crippen molar-refractivity contribution >= 4 is 44.8 Å². The molecule has 1 saturated heterocycles. The number of piperazine rings is 1. The Bertz CT molecular complexity index is 1060. The SMILES string of the molecule is CCOc1ccc(S(=O)(=O)N(CC)CC(=O)N2CCN(c3cccc(Cl)c3)CC2)cc1Cl. The third-order valence-electron chi connectivity index (χ3n) is 5.31. The Morgan fingerprint density at radius 1 is 1.06 bits per heavy atom. The van der Waals surface area contributed by atoms with E-state index in [-0.39, 0.29) is 28.9 Å². The number of carbonyl (C=O) groups excluding carboxylic acids is 1. The summed E-state index contributed by atoms with van der Waals surface area (Å²) in [5, 5.41) is 0.881. The predicted octanol–water partition coefficient (Wildman–Crippen LogP) is 3.75. The van der Waals surface area contributed by atoms with Crippen LogP contribution in [0.25, 0.3) is 0 Å². The van der Waals surface area contributed by atoms with Crippen molar-refractivity contribution < 1.29 is 17.9 Å². The lowest BCUT2D eigenvalue weighted by Gasteiger charge is -2.37. The van der Waals surface area contributed by atoms with Crippen LogP contribution in [0.15, 0.2) is 47.4 Å². The van der Waals surface area contributed by atoms with Crippen molar-refractivity contribution in [2.75, 3.05) is 50.8 Å². The van der Waals surface area contributed by atoms with Crippen molar-refractivity contribution in [3.8, 4) is 5.75 Å². The fourth-order valence-electron chi connectivity index (χ4n) is 3.57. The van der Waals surface area contributed by atoms with Gasteiger partial charge in [0.15, 0.2) is 0 Å². The first-order chi connectivity index (χ1) is 15.3. The van der Waals surface area contributed by atoms with Gasteiger partial charge in [-0.3, -0.25) is 4.79 Å². The molecule has 3 rings (SSSR count). The molecule has 0 atom stereocenters. The molecule has 0 bridgehead atoms. The molecule has 2 aromatic rings. The fourth-order valence-corrected chi connectivity index (χ4v) is 5.48. The number of rotatable bonds is 8. The van der Waals surface area contributed by atoms with E-state index in [1.165, 1.54) is 22.5 Å². The van der Waals surface area contributed by atoms with Gasteiger partial charge in [0, 0.05) is 43.4 Å². The van der Waals surface area contributed by atoms with E-state index in [0.717, 1.165) is 5.69 Å². The van der Waals surface area contributed by atoms with Crippen LogP contribution < -0.4 is 9.64 Å². The molecule has 1 heterocycles. The molecule has 0 unspecified atom stereocenters. The van der Waals surface area contributed by atoms with Crippen LogP contribution in [-0.4, -0.2) is 69.4 Å². The first kappa shape index (κ1) is 24.6. The number of sulfonamides is 1. The summed E-state index contributed by atoms with van der Waals surface area (Å²) < 4.78 is 32.8. The minimum atomic E-state index is -3.88. The largest absolute Gasteiger partial charge is 0.492 e. The molecule has 10 heteroatoms. The van der Waals surface area contributed by atoms with Gasteiger partial charge in [0.2, 0.25) is 15.9 Å². The highest BCUT2D eigenvalue weighted by Crippen LogP contribution is 2.29. The monoisotopic (exact) mass is 499 g/mol. The second-order valence-electron chi connectivity index (χ2n) is 7.30. The topological polar surface area (TPSA) is 70.2 Å². The molecule has 174 valence electrons. The molecule has 0 N–H and O–H groups in total. The zero-order valence-electron chi connectivity index (χ0n) is 18.1. The van der Waals surface area contributed by atoms with Crippen LogP contribution in [0.4, 0.5) is 5.69 Å². The summed E-state index contributed by atoms with van der Waals surface area (Å²) >= 11 is 12.2. The Hall–Kier alpha value is -2.00. The molecule has 7 nitrogen and oxygen atoms in total. The summed E-state index contributed by atoms with van der Waals surface area (Å²) in [7, 11) is -3.88. The number of ether oxygens (including phenoxy) is 1. The molecular formula is C22H27Cl2N3O4S. The van der Waals surface area contributed by atoms with E-state index in [1.807, 2.05) is 31.2 Å². The van der Waals surface area contributed by atoms with Crippen LogP contribution in [0.3, 0.4) is 0 Å². The Morgan fingerprint density at radius 3 is 2.38 bits per heavy atom. The van der Waals surface area contributed by atoms with Crippen molar-refractivity contribution in [3.05, 3.63) is 52.5 Å². The van der Waals surface area contributed by atoms with Crippen molar-refractivity contribution in [1.82, 2.24) is 9.21 Å². The number of likely N-dealkylation sites (N-methyl/N-ethyl adjacent to an activating group) is 1. The number of amides is 1. The summed E-state index contributed by atoms with van der Waals surface area (Å²) in [5.74, 6) is 0.197. The highest BCUT2D eigenvalue weighted by Gasteiger charge is 2.29. The predicted molar refractivity (Wildman–Crippen MR) is 127 cm³/mol. The van der Waals surface area contributed by atoms with Gasteiger partial charge in [0.05, 0.1) is 23.1 Å². The van der Waals surface area contributed by atoms with E-state index in [0.29, 0.717) is 43.6 Å². The molecule has 1 aliphatic heterocycles. The molecule has 2 aromatic carbocycles. The van der Waals surface area contributed by atoms with E-state index in [1.54, 1.807) is 11.8 Å². The molecular weight excluding hydrogens is 473 g/mol. The number of anilines is 1. The van der Waals surface area contributed by atoms with Gasteiger partial charge < -0.3 is 14.5 Å². The number of nitrogens with zero attached hydrogens (tertiary/aromatic N) is 3. The smallest absolute Gasteiger partial charge is 0.243 e. The maximum atomic E-state index is 13.1. The van der Waals surface area contributed by atoms with Crippen LogP contribution in [0.2, 0.25) is 10.0 Å².